The van der Waals surface area contributed by atoms with E-state index >= 15 is 0 Å². The molecule has 10 aliphatic rings. The van der Waals surface area contributed by atoms with E-state index in [1.807, 2.05) is 4.90 Å². The summed E-state index contributed by atoms with van der Waals surface area (Å²) in [5, 5.41) is 62.5. The fourth-order valence-corrected chi connectivity index (χ4v) is 11.8. The largest absolute Gasteiger partial charge is 0.400 e. The molecule has 0 radical (unpaired) electrons. The fraction of sp³-hybridized carbons (Fsp3) is 1.00. The maximum Gasteiger partial charge on any atom is 0.109 e. The fourth-order valence-electron chi connectivity index (χ4n) is 11.8. The number of hydrogen-bond donors (Lipinski definition) is 7. The Labute approximate surface area is 625 Å². The lowest BCUT2D eigenvalue weighted by Gasteiger charge is -2.34. The van der Waals surface area contributed by atoms with Gasteiger partial charge in [-0.3, -0.25) is 24.5 Å². The molecule has 10 aliphatic heterocycles. The second kappa shape index (κ2) is 55.8. The number of morpholine rings is 6. The number of aliphatic hydroxyl groups is 6. The highest BCUT2D eigenvalue weighted by molar-refractivity contribution is 14.0. The number of ether oxygens (including phenoxy) is 19. The zero-order valence-corrected chi connectivity index (χ0v) is 64.8. The molecule has 102 heavy (non-hydrogen) atoms. The molecule has 10 rings (SSSR count). The molecule has 0 aromatic carbocycles. The molecule has 0 bridgehead atoms. The Kier molecular flexibility index (Phi) is 50.4. The first-order chi connectivity index (χ1) is 49.4. The average molecular weight is 1590 g/mol. The Hall–Kier alpha value is -0.510. The summed E-state index contributed by atoms with van der Waals surface area (Å²) < 4.78 is 106. The number of rotatable bonds is 49. The number of halogens is 1. The van der Waals surface area contributed by atoms with Crippen LogP contribution in [0.1, 0.15) is 46.5 Å². The summed E-state index contributed by atoms with van der Waals surface area (Å²) in [5.74, 6) is 0. The third kappa shape index (κ3) is 42.6. The Morgan fingerprint density at radius 2 is 0.588 bits per heavy atom. The molecule has 10 saturated heterocycles. The van der Waals surface area contributed by atoms with Crippen LogP contribution in [-0.2, 0) is 90.0 Å². The molecule has 0 aromatic rings. The molecule has 9 unspecified atom stereocenters. The van der Waals surface area contributed by atoms with Crippen LogP contribution >= 0.6 is 24.0 Å². The maximum atomic E-state index is 10.5. The van der Waals surface area contributed by atoms with E-state index in [0.29, 0.717) is 209 Å². The van der Waals surface area contributed by atoms with E-state index in [2.05, 4.69) is 45.7 Å². The third-order valence-electron chi connectivity index (χ3n) is 19.1. The molecule has 9 atom stereocenters. The standard InChI is InChI=1S/C27H53N3O9.C23H44N2O8.C15H26O6.C4H9NO.CH4O.HI/c1-2-27(21-37-10-3-26(33)30-8-15-36-16-9-30,22-38-19-24(31)17-28-4-11-34-12-5-28)23-39-20-25(32)18-29-6-13-35-14-7-29;1-2-23(19-32-15-22-16-33-22,17-30-13-20(26)11-24-3-7-28-8-4-24)18-31-14-21(27)12-25-5-9-29-10-6-25;1-2-15(9-16-3-12-6-19-12,10-17-4-13-7-20-13)11-18-5-14-8-21-14;1-3-6-4-2-5-1;1-2;/h24-26,31-33H,2-23H2,1H3;20-22,26-27H,2-19H2,1H3;12-14H,2-11H2,1H3;5H,1-4H2;2H,1H3;1H. The van der Waals surface area contributed by atoms with Crippen LogP contribution in [0.3, 0.4) is 0 Å². The first-order valence-corrected chi connectivity index (χ1v) is 37.7. The van der Waals surface area contributed by atoms with Crippen LogP contribution in [-0.4, -0.2) is 447 Å². The van der Waals surface area contributed by atoms with E-state index in [1.165, 1.54) is 0 Å². The van der Waals surface area contributed by atoms with Gasteiger partial charge in [0.2, 0.25) is 0 Å². The van der Waals surface area contributed by atoms with Crippen molar-refractivity contribution >= 4 is 24.0 Å². The topological polar surface area (TPSA) is 338 Å². The first kappa shape index (κ1) is 92.1. The summed E-state index contributed by atoms with van der Waals surface area (Å²) in [4.78, 5) is 10.8. The monoisotopic (exact) mass is 1590 g/mol. The average Bonchev–Trinajstić information content (AvgIpc) is 1.11. The van der Waals surface area contributed by atoms with E-state index in [4.69, 9.17) is 95.1 Å². The second-order valence-electron chi connectivity index (χ2n) is 28.1. The highest BCUT2D eigenvalue weighted by atomic mass is 127. The molecule has 10 fully saturated rings. The molecular formula is C70H137IN6O25. The SMILES string of the molecule is C1COCCN1.CCC(COCC(O)CN1CCOCC1)(COCC(O)CN1CCOCC1)COCC1CO1.CCC(COCC1CO1)(COCC1CO1)COCC1CO1.CCC(COCCC(O)N1CCOCC1)(COCC(O)CN1CCOCC1)COCC(O)CN1CCOCC1.CO.I. The normalized spacial score (nSPS) is 25.9. The molecule has 0 saturated carbocycles. The Bertz CT molecular complexity index is 1840. The smallest absolute Gasteiger partial charge is 0.109 e. The van der Waals surface area contributed by atoms with Crippen molar-refractivity contribution in [3.8, 4) is 0 Å². The van der Waals surface area contributed by atoms with E-state index in [-0.39, 0.29) is 67.3 Å². The number of hydrogen-bond acceptors (Lipinski definition) is 31. The highest BCUT2D eigenvalue weighted by Crippen LogP contribution is 2.29. The molecule has 32 heteroatoms. The van der Waals surface area contributed by atoms with E-state index < -0.39 is 36.1 Å². The van der Waals surface area contributed by atoms with Crippen molar-refractivity contribution in [3.05, 3.63) is 0 Å². The summed E-state index contributed by atoms with van der Waals surface area (Å²) in [7, 11) is 1.00. The Morgan fingerprint density at radius 1 is 0.353 bits per heavy atom. The van der Waals surface area contributed by atoms with Crippen LogP contribution in [0, 0.1) is 16.2 Å². The molecule has 604 valence electrons. The Balaban J connectivity index is 0.000000268. The summed E-state index contributed by atoms with van der Waals surface area (Å²) in [6.45, 7) is 39.0. The van der Waals surface area contributed by atoms with Crippen molar-refractivity contribution in [1.82, 2.24) is 29.8 Å². The molecule has 0 amide bonds. The summed E-state index contributed by atoms with van der Waals surface area (Å²) >= 11 is 0. The van der Waals surface area contributed by atoms with Gasteiger partial charge in [-0.1, -0.05) is 20.8 Å². The maximum absolute atomic E-state index is 10.5. The number of β-amino-alcohol motifs (C(OH)–C–C–N with tert-alkyl or cyclic N) is 4. The minimum Gasteiger partial charge on any atom is -0.400 e. The van der Waals surface area contributed by atoms with Crippen molar-refractivity contribution < 1.29 is 121 Å². The van der Waals surface area contributed by atoms with Gasteiger partial charge in [0.05, 0.1) is 249 Å². The quantitative estimate of drug-likeness (QED) is 0.0208. The van der Waals surface area contributed by atoms with Gasteiger partial charge in [-0.05, 0) is 19.3 Å². The second-order valence-corrected chi connectivity index (χ2v) is 28.1. The number of nitrogens with one attached hydrogen (secondary N) is 1. The van der Waals surface area contributed by atoms with Crippen LogP contribution in [0.2, 0.25) is 0 Å². The predicted octanol–water partition coefficient (Wildman–Crippen LogP) is -1.46. The van der Waals surface area contributed by atoms with Gasteiger partial charge < -0.3 is 126 Å². The van der Waals surface area contributed by atoms with Crippen molar-refractivity contribution in [2.24, 2.45) is 16.2 Å². The van der Waals surface area contributed by atoms with Crippen LogP contribution in [0.25, 0.3) is 0 Å². The number of aliphatic hydroxyl groups excluding tert-OH is 6. The van der Waals surface area contributed by atoms with E-state index in [9.17, 15) is 25.5 Å². The lowest BCUT2D eigenvalue weighted by molar-refractivity contribution is -0.106. The lowest BCUT2D eigenvalue weighted by Crippen LogP contribution is -2.44. The zero-order chi connectivity index (χ0) is 71.9. The summed E-state index contributed by atoms with van der Waals surface area (Å²) in [6, 6.07) is 0. The van der Waals surface area contributed by atoms with Gasteiger partial charge in [-0.2, -0.15) is 0 Å². The van der Waals surface area contributed by atoms with Gasteiger partial charge in [0.1, 0.15) is 30.6 Å². The third-order valence-corrected chi connectivity index (χ3v) is 19.1. The molecule has 0 aromatic heterocycles. The van der Waals surface area contributed by atoms with E-state index in [1.54, 1.807) is 0 Å². The van der Waals surface area contributed by atoms with Crippen molar-refractivity contribution in [1.29, 1.82) is 0 Å². The zero-order valence-electron chi connectivity index (χ0n) is 62.5. The molecule has 0 spiro atoms. The molecule has 0 aliphatic carbocycles. The van der Waals surface area contributed by atoms with Crippen LogP contribution in [0.5, 0.6) is 0 Å². The molecule has 31 nitrogen and oxygen atoms in total. The first-order valence-electron chi connectivity index (χ1n) is 37.7. The van der Waals surface area contributed by atoms with Crippen molar-refractivity contribution in [3.63, 3.8) is 0 Å². The van der Waals surface area contributed by atoms with Crippen LogP contribution in [0.4, 0.5) is 0 Å². The number of epoxide rings is 4. The minimum absolute atomic E-state index is 0. The summed E-state index contributed by atoms with van der Waals surface area (Å²) in [5.41, 5.74) is -0.869. The summed E-state index contributed by atoms with van der Waals surface area (Å²) in [6.07, 6.45) is 1.28. The van der Waals surface area contributed by atoms with Gasteiger partial charge >= 0.3 is 0 Å². The van der Waals surface area contributed by atoms with Gasteiger partial charge in [0, 0.05) is 134 Å². The van der Waals surface area contributed by atoms with E-state index in [0.717, 1.165) is 145 Å². The number of nitrogens with zero attached hydrogens (tertiary/aromatic N) is 5. The molecular weight excluding hydrogens is 1450 g/mol. The van der Waals surface area contributed by atoms with Crippen LogP contribution < -0.4 is 5.32 Å². The predicted molar refractivity (Wildman–Crippen MR) is 388 cm³/mol. The minimum atomic E-state index is -0.585. The molecule has 10 heterocycles. The van der Waals surface area contributed by atoms with Gasteiger partial charge in [-0.25, -0.2) is 0 Å². The Morgan fingerprint density at radius 3 is 0.814 bits per heavy atom. The molecule has 7 N–H and O–H groups in total. The lowest BCUT2D eigenvalue weighted by atomic mass is 9.88. The van der Waals surface area contributed by atoms with Gasteiger partial charge in [0.25, 0.3) is 0 Å². The van der Waals surface area contributed by atoms with Crippen molar-refractivity contribution in [2.75, 3.05) is 336 Å². The van der Waals surface area contributed by atoms with Gasteiger partial charge in [0.15, 0.2) is 0 Å². The van der Waals surface area contributed by atoms with Gasteiger partial charge in [-0.15, -0.1) is 24.0 Å². The highest BCUT2D eigenvalue weighted by Gasteiger charge is 2.37. The van der Waals surface area contributed by atoms with Crippen molar-refractivity contribution in [2.45, 2.75) is 102 Å². The van der Waals surface area contributed by atoms with Crippen LogP contribution in [0.15, 0.2) is 0 Å².